The Bertz CT molecular complexity index is 545. The first kappa shape index (κ1) is 19.5. The van der Waals surface area contributed by atoms with Gasteiger partial charge in [0.05, 0.1) is 19.1 Å². The zero-order valence-corrected chi connectivity index (χ0v) is 16.4. The number of ether oxygens (including phenoxy) is 1. The van der Waals surface area contributed by atoms with Crippen molar-refractivity contribution in [1.82, 2.24) is 15.1 Å². The molecule has 154 valence electrons. The van der Waals surface area contributed by atoms with E-state index < -0.39 is 5.92 Å². The summed E-state index contributed by atoms with van der Waals surface area (Å²) in [6.07, 6.45) is 4.73. The lowest BCUT2D eigenvalue weighted by molar-refractivity contribution is -0.156. The number of likely N-dealkylation sites (tertiary alicyclic amines) is 2. The van der Waals surface area contributed by atoms with Gasteiger partial charge in [-0.1, -0.05) is 0 Å². The average molecular weight is 385 g/mol. The van der Waals surface area contributed by atoms with Crippen LogP contribution in [0.1, 0.15) is 45.4 Å². The number of carbonyl (C=O) groups is 1. The van der Waals surface area contributed by atoms with Crippen LogP contribution in [0.3, 0.4) is 0 Å². The predicted octanol–water partition coefficient (Wildman–Crippen LogP) is 2.11. The van der Waals surface area contributed by atoms with E-state index in [1.165, 1.54) is 0 Å². The maximum Gasteiger partial charge on any atom is 0.310 e. The van der Waals surface area contributed by atoms with Crippen LogP contribution < -0.4 is 5.32 Å². The van der Waals surface area contributed by atoms with Crippen LogP contribution in [0.15, 0.2) is 0 Å². The Morgan fingerprint density at radius 2 is 1.89 bits per heavy atom. The largest absolute Gasteiger partial charge is 0.466 e. The van der Waals surface area contributed by atoms with E-state index in [1.807, 2.05) is 11.8 Å². The van der Waals surface area contributed by atoms with Gasteiger partial charge in [-0.25, -0.2) is 8.78 Å². The van der Waals surface area contributed by atoms with Gasteiger partial charge in [0.2, 0.25) is 0 Å². The summed E-state index contributed by atoms with van der Waals surface area (Å²) < 4.78 is 32.7. The number of carbonyl (C=O) groups excluding carboxylic acids is 1. The van der Waals surface area contributed by atoms with Gasteiger partial charge in [-0.15, -0.1) is 0 Å². The van der Waals surface area contributed by atoms with Crippen molar-refractivity contribution in [3.05, 3.63) is 0 Å². The van der Waals surface area contributed by atoms with E-state index in [0.29, 0.717) is 25.1 Å². The van der Waals surface area contributed by atoms with Gasteiger partial charge in [0.1, 0.15) is 0 Å². The second-order valence-corrected chi connectivity index (χ2v) is 9.06. The zero-order valence-electron chi connectivity index (χ0n) is 16.4. The summed E-state index contributed by atoms with van der Waals surface area (Å²) in [7, 11) is 0. The second-order valence-electron chi connectivity index (χ2n) is 9.06. The molecule has 3 heterocycles. The van der Waals surface area contributed by atoms with Crippen molar-refractivity contribution >= 4 is 5.97 Å². The van der Waals surface area contributed by atoms with Crippen LogP contribution in [0.5, 0.6) is 0 Å². The minimum Gasteiger partial charge on any atom is -0.466 e. The van der Waals surface area contributed by atoms with Crippen molar-refractivity contribution in [3.63, 3.8) is 0 Å². The van der Waals surface area contributed by atoms with Crippen molar-refractivity contribution < 1.29 is 18.3 Å². The van der Waals surface area contributed by atoms with E-state index in [2.05, 4.69) is 10.2 Å². The maximum atomic E-state index is 13.7. The highest BCUT2D eigenvalue weighted by Gasteiger charge is 2.56. The Morgan fingerprint density at radius 3 is 2.56 bits per heavy atom. The third-order valence-corrected chi connectivity index (χ3v) is 7.37. The van der Waals surface area contributed by atoms with Crippen LogP contribution in [-0.2, 0) is 9.53 Å². The fraction of sp³-hybridized carbons (Fsp3) is 0.950. The summed E-state index contributed by atoms with van der Waals surface area (Å²) in [5, 5.41) is 3.39. The fourth-order valence-electron chi connectivity index (χ4n) is 5.87. The lowest BCUT2D eigenvalue weighted by Crippen LogP contribution is -2.59. The van der Waals surface area contributed by atoms with E-state index in [9.17, 15) is 13.6 Å². The molecule has 4 fully saturated rings. The molecule has 27 heavy (non-hydrogen) atoms. The highest BCUT2D eigenvalue weighted by atomic mass is 19.3. The summed E-state index contributed by atoms with van der Waals surface area (Å²) in [5.41, 5.74) is 0.0721. The van der Waals surface area contributed by atoms with Gasteiger partial charge < -0.3 is 15.0 Å². The summed E-state index contributed by atoms with van der Waals surface area (Å²) in [6, 6.07) is 0.840. The van der Waals surface area contributed by atoms with Crippen LogP contribution in [0.25, 0.3) is 0 Å². The minimum absolute atomic E-state index is 0.0122. The number of alkyl halides is 2. The Morgan fingerprint density at radius 1 is 1.15 bits per heavy atom. The molecular formula is C20H33F2N3O2. The maximum absolute atomic E-state index is 13.7. The Labute approximate surface area is 160 Å². The Balaban J connectivity index is 1.26. The topological polar surface area (TPSA) is 44.8 Å². The predicted molar refractivity (Wildman–Crippen MR) is 98.8 cm³/mol. The molecule has 3 aliphatic heterocycles. The summed E-state index contributed by atoms with van der Waals surface area (Å²) >= 11 is 0. The second kappa shape index (κ2) is 7.56. The van der Waals surface area contributed by atoms with E-state index >= 15 is 0 Å². The third-order valence-electron chi connectivity index (χ3n) is 7.37. The van der Waals surface area contributed by atoms with Gasteiger partial charge in [0.25, 0.3) is 5.92 Å². The first-order valence-corrected chi connectivity index (χ1v) is 10.7. The van der Waals surface area contributed by atoms with Crippen LogP contribution in [-0.4, -0.2) is 79.7 Å². The number of nitrogens with one attached hydrogen (secondary N) is 1. The molecule has 3 saturated heterocycles. The van der Waals surface area contributed by atoms with Gasteiger partial charge in [0.15, 0.2) is 0 Å². The Hall–Kier alpha value is -0.790. The van der Waals surface area contributed by atoms with Crippen molar-refractivity contribution in [2.45, 2.75) is 63.5 Å². The van der Waals surface area contributed by atoms with Crippen molar-refractivity contribution in [1.29, 1.82) is 0 Å². The van der Waals surface area contributed by atoms with Gasteiger partial charge >= 0.3 is 5.97 Å². The van der Waals surface area contributed by atoms with Gasteiger partial charge in [-0.05, 0) is 58.7 Å². The molecule has 5 nitrogen and oxygen atoms in total. The molecule has 1 saturated carbocycles. The number of nitrogens with zero attached hydrogens (tertiary/aromatic N) is 2. The van der Waals surface area contributed by atoms with Crippen LogP contribution in [0.2, 0.25) is 0 Å². The highest BCUT2D eigenvalue weighted by Crippen LogP contribution is 2.52. The molecule has 0 bridgehead atoms. The standard InChI is InChI=1S/C20H33F2N3O2/c1-2-27-18(26)17-12-23-13-19(17)10-16(11-19)24-8-4-15(5-9-24)25-7-3-6-20(21,22)14-25/h15-17,23H,2-14H2,1H3. The van der Waals surface area contributed by atoms with E-state index in [-0.39, 0.29) is 30.3 Å². The van der Waals surface area contributed by atoms with Crippen LogP contribution >= 0.6 is 0 Å². The fourth-order valence-corrected chi connectivity index (χ4v) is 5.87. The number of rotatable bonds is 4. The first-order chi connectivity index (χ1) is 12.9. The highest BCUT2D eigenvalue weighted by molar-refractivity contribution is 5.74. The zero-order chi connectivity index (χ0) is 19.1. The molecule has 0 aromatic rings. The monoisotopic (exact) mass is 385 g/mol. The number of hydrogen-bond acceptors (Lipinski definition) is 5. The average Bonchev–Trinajstić information content (AvgIpc) is 3.05. The molecule has 1 atom stereocenters. The normalized spacial score (nSPS) is 38.0. The Kier molecular flexibility index (Phi) is 5.47. The first-order valence-electron chi connectivity index (χ1n) is 10.7. The summed E-state index contributed by atoms with van der Waals surface area (Å²) in [4.78, 5) is 16.8. The molecule has 4 aliphatic rings. The minimum atomic E-state index is -2.51. The number of hydrogen-bond donors (Lipinski definition) is 1. The number of esters is 1. The van der Waals surface area contributed by atoms with Gasteiger partial charge in [0, 0.05) is 37.0 Å². The lowest BCUT2D eigenvalue weighted by Gasteiger charge is -2.54. The van der Waals surface area contributed by atoms with E-state index in [4.69, 9.17) is 4.74 Å². The molecule has 1 spiro atoms. The summed E-state index contributed by atoms with van der Waals surface area (Å²) in [6.45, 7) is 6.69. The molecule has 1 N–H and O–H groups in total. The molecule has 0 amide bonds. The molecule has 7 heteroatoms. The SMILES string of the molecule is CCOC(=O)C1CNCC12CC(N1CCC(N3CCCC(F)(F)C3)CC1)C2. The van der Waals surface area contributed by atoms with Gasteiger partial charge in [-0.3, -0.25) is 9.69 Å². The summed E-state index contributed by atoms with van der Waals surface area (Å²) in [5.74, 6) is -2.57. The van der Waals surface area contributed by atoms with Crippen molar-refractivity contribution in [2.24, 2.45) is 11.3 Å². The lowest BCUT2D eigenvalue weighted by atomic mass is 9.59. The third kappa shape index (κ3) is 3.87. The smallest absolute Gasteiger partial charge is 0.310 e. The number of halogens is 2. The molecule has 0 aromatic carbocycles. The quantitative estimate of drug-likeness (QED) is 0.751. The molecular weight excluding hydrogens is 352 g/mol. The molecule has 4 rings (SSSR count). The van der Waals surface area contributed by atoms with Crippen LogP contribution in [0.4, 0.5) is 8.78 Å². The molecule has 0 aromatic heterocycles. The molecule has 1 unspecified atom stereocenters. The van der Waals surface area contributed by atoms with Gasteiger partial charge in [-0.2, -0.15) is 0 Å². The van der Waals surface area contributed by atoms with Crippen LogP contribution in [0, 0.1) is 11.3 Å². The van der Waals surface area contributed by atoms with Crippen molar-refractivity contribution in [3.8, 4) is 0 Å². The van der Waals surface area contributed by atoms with E-state index in [0.717, 1.165) is 58.4 Å². The van der Waals surface area contributed by atoms with Crippen molar-refractivity contribution in [2.75, 3.05) is 45.9 Å². The number of piperidine rings is 2. The molecule has 0 radical (unpaired) electrons. The van der Waals surface area contributed by atoms with E-state index in [1.54, 1.807) is 0 Å². The molecule has 1 aliphatic carbocycles.